The molecule has 1 N–H and O–H groups in total. The van der Waals surface area contributed by atoms with Gasteiger partial charge >= 0.3 is 0 Å². The number of fused-ring (bicyclic) bond motifs is 1. The van der Waals surface area contributed by atoms with Gasteiger partial charge in [0, 0.05) is 16.6 Å². The molecule has 5 rings (SSSR count). The molecule has 1 atom stereocenters. The average molecular weight is 411 g/mol. The number of amides is 1. The number of carbonyl (C=O) groups is 1. The molecule has 30 heavy (non-hydrogen) atoms. The highest BCUT2D eigenvalue weighted by Crippen LogP contribution is 2.30. The van der Waals surface area contributed by atoms with Crippen LogP contribution in [0.1, 0.15) is 11.0 Å². The van der Waals surface area contributed by atoms with Gasteiger partial charge in [-0.1, -0.05) is 65.9 Å². The van der Waals surface area contributed by atoms with Crippen LogP contribution in [0, 0.1) is 0 Å². The van der Waals surface area contributed by atoms with Crippen molar-refractivity contribution in [2.75, 3.05) is 5.32 Å². The molecule has 3 aromatic carbocycles. The fourth-order valence-electron chi connectivity index (χ4n) is 3.29. The van der Waals surface area contributed by atoms with Gasteiger partial charge in [0.25, 0.3) is 5.91 Å². The second kappa shape index (κ2) is 7.88. The number of anilines is 1. The summed E-state index contributed by atoms with van der Waals surface area (Å²) in [4.78, 5) is 18.1. The SMILES string of the molecule is O=C(Nc1ccccc1)C(c1nc(-c2ccccc2)cs1)n1nnc2ccccc21. The lowest BCUT2D eigenvalue weighted by Gasteiger charge is -2.15. The van der Waals surface area contributed by atoms with E-state index in [9.17, 15) is 4.79 Å². The predicted octanol–water partition coefficient (Wildman–Crippen LogP) is 4.78. The van der Waals surface area contributed by atoms with Gasteiger partial charge in [0.05, 0.1) is 11.2 Å². The Labute approximate surface area is 176 Å². The molecule has 0 aliphatic carbocycles. The van der Waals surface area contributed by atoms with E-state index in [1.807, 2.05) is 90.3 Å². The van der Waals surface area contributed by atoms with Crippen molar-refractivity contribution in [3.05, 3.63) is 95.3 Å². The molecule has 0 bridgehead atoms. The quantitative estimate of drug-likeness (QED) is 0.452. The van der Waals surface area contributed by atoms with E-state index in [4.69, 9.17) is 4.98 Å². The van der Waals surface area contributed by atoms with Crippen LogP contribution in [0.15, 0.2) is 90.3 Å². The Hall–Kier alpha value is -3.84. The monoisotopic (exact) mass is 411 g/mol. The van der Waals surface area contributed by atoms with Crippen molar-refractivity contribution < 1.29 is 4.79 Å². The Morgan fingerprint density at radius 2 is 1.60 bits per heavy atom. The van der Waals surface area contributed by atoms with E-state index in [1.165, 1.54) is 11.3 Å². The summed E-state index contributed by atoms with van der Waals surface area (Å²) in [5.74, 6) is -0.217. The van der Waals surface area contributed by atoms with E-state index in [1.54, 1.807) is 4.68 Å². The van der Waals surface area contributed by atoms with Crippen molar-refractivity contribution >= 4 is 34.0 Å². The normalized spacial score (nSPS) is 12.0. The number of aromatic nitrogens is 4. The van der Waals surface area contributed by atoms with E-state index in [-0.39, 0.29) is 5.91 Å². The molecular weight excluding hydrogens is 394 g/mol. The summed E-state index contributed by atoms with van der Waals surface area (Å²) in [6, 6.07) is 26.1. The van der Waals surface area contributed by atoms with Crippen LogP contribution in [0.25, 0.3) is 22.3 Å². The Morgan fingerprint density at radius 1 is 0.900 bits per heavy atom. The van der Waals surface area contributed by atoms with E-state index >= 15 is 0 Å². The minimum atomic E-state index is -0.736. The smallest absolute Gasteiger partial charge is 0.256 e. The highest BCUT2D eigenvalue weighted by atomic mass is 32.1. The van der Waals surface area contributed by atoms with Crippen molar-refractivity contribution in [3.8, 4) is 11.3 Å². The van der Waals surface area contributed by atoms with Gasteiger partial charge in [0.1, 0.15) is 10.5 Å². The first-order valence-corrected chi connectivity index (χ1v) is 10.3. The highest BCUT2D eigenvalue weighted by molar-refractivity contribution is 7.10. The maximum absolute atomic E-state index is 13.4. The lowest BCUT2D eigenvalue weighted by atomic mass is 10.2. The molecule has 1 unspecified atom stereocenters. The molecule has 0 aliphatic heterocycles. The third kappa shape index (κ3) is 3.46. The second-order valence-electron chi connectivity index (χ2n) is 6.72. The summed E-state index contributed by atoms with van der Waals surface area (Å²) in [7, 11) is 0. The van der Waals surface area contributed by atoms with Gasteiger partial charge in [0.2, 0.25) is 0 Å². The lowest BCUT2D eigenvalue weighted by molar-refractivity contribution is -0.118. The first kappa shape index (κ1) is 18.2. The van der Waals surface area contributed by atoms with Gasteiger partial charge in [-0.15, -0.1) is 16.4 Å². The molecule has 7 heteroatoms. The van der Waals surface area contributed by atoms with Crippen molar-refractivity contribution in [1.29, 1.82) is 0 Å². The minimum Gasteiger partial charge on any atom is -0.324 e. The van der Waals surface area contributed by atoms with Gasteiger partial charge in [-0.2, -0.15) is 0 Å². The maximum Gasteiger partial charge on any atom is 0.256 e. The average Bonchev–Trinajstić information content (AvgIpc) is 3.44. The summed E-state index contributed by atoms with van der Waals surface area (Å²) >= 11 is 1.44. The first-order chi connectivity index (χ1) is 14.8. The lowest BCUT2D eigenvalue weighted by Crippen LogP contribution is -2.27. The van der Waals surface area contributed by atoms with Gasteiger partial charge < -0.3 is 5.32 Å². The van der Waals surface area contributed by atoms with Gasteiger partial charge in [-0.05, 0) is 24.3 Å². The molecule has 6 nitrogen and oxygen atoms in total. The van der Waals surface area contributed by atoms with Crippen LogP contribution in [0.3, 0.4) is 0 Å². The number of benzene rings is 3. The van der Waals surface area contributed by atoms with E-state index in [0.717, 1.165) is 28.0 Å². The number of nitrogens with one attached hydrogen (secondary N) is 1. The molecule has 0 aliphatic rings. The summed E-state index contributed by atoms with van der Waals surface area (Å²) in [5, 5.41) is 14.1. The molecule has 5 aromatic rings. The van der Waals surface area contributed by atoms with Crippen LogP contribution >= 0.6 is 11.3 Å². The molecule has 146 valence electrons. The largest absolute Gasteiger partial charge is 0.324 e. The molecule has 0 radical (unpaired) electrons. The second-order valence-corrected chi connectivity index (χ2v) is 7.61. The Balaban J connectivity index is 1.58. The molecule has 2 aromatic heterocycles. The summed E-state index contributed by atoms with van der Waals surface area (Å²) < 4.78 is 1.64. The molecule has 0 saturated heterocycles. The van der Waals surface area contributed by atoms with Crippen LogP contribution in [-0.2, 0) is 4.79 Å². The van der Waals surface area contributed by atoms with E-state index < -0.39 is 6.04 Å². The highest BCUT2D eigenvalue weighted by Gasteiger charge is 2.29. The van der Waals surface area contributed by atoms with Gasteiger partial charge in [-0.3, -0.25) is 4.79 Å². The zero-order valence-electron chi connectivity index (χ0n) is 15.8. The standard InChI is InChI=1S/C23H17N5OS/c29-22(24-17-11-5-2-6-12-17)21(28-20-14-8-7-13-18(20)26-27-28)23-25-19(15-30-23)16-9-3-1-4-10-16/h1-15,21H,(H,24,29). The van der Waals surface area contributed by atoms with Crippen molar-refractivity contribution in [2.24, 2.45) is 0 Å². The molecule has 1 amide bonds. The number of para-hydroxylation sites is 2. The van der Waals surface area contributed by atoms with Crippen molar-refractivity contribution in [3.63, 3.8) is 0 Å². The maximum atomic E-state index is 13.4. The summed E-state index contributed by atoms with van der Waals surface area (Å²) in [6.07, 6.45) is 0. The summed E-state index contributed by atoms with van der Waals surface area (Å²) in [5.41, 5.74) is 4.07. The van der Waals surface area contributed by atoms with E-state index in [0.29, 0.717) is 5.01 Å². The Morgan fingerprint density at radius 3 is 2.40 bits per heavy atom. The molecular formula is C23H17N5OS. The number of nitrogens with zero attached hydrogens (tertiary/aromatic N) is 4. The van der Waals surface area contributed by atoms with Crippen molar-refractivity contribution in [1.82, 2.24) is 20.0 Å². The number of rotatable bonds is 5. The molecule has 0 spiro atoms. The third-order valence-electron chi connectivity index (χ3n) is 4.74. The number of hydrogen-bond donors (Lipinski definition) is 1. The first-order valence-electron chi connectivity index (χ1n) is 9.46. The topological polar surface area (TPSA) is 72.7 Å². The summed E-state index contributed by atoms with van der Waals surface area (Å²) in [6.45, 7) is 0. The van der Waals surface area contributed by atoms with E-state index in [2.05, 4.69) is 15.6 Å². The van der Waals surface area contributed by atoms with Crippen LogP contribution in [0.2, 0.25) is 0 Å². The Bertz CT molecular complexity index is 1300. The zero-order valence-corrected chi connectivity index (χ0v) is 16.7. The van der Waals surface area contributed by atoms with Crippen LogP contribution in [0.5, 0.6) is 0 Å². The van der Waals surface area contributed by atoms with Crippen LogP contribution < -0.4 is 5.32 Å². The third-order valence-corrected chi connectivity index (χ3v) is 5.63. The minimum absolute atomic E-state index is 0.217. The fraction of sp³-hybridized carbons (Fsp3) is 0.0435. The molecule has 0 saturated carbocycles. The van der Waals surface area contributed by atoms with Crippen LogP contribution in [-0.4, -0.2) is 25.9 Å². The fourth-order valence-corrected chi connectivity index (χ4v) is 4.20. The molecule has 0 fully saturated rings. The van der Waals surface area contributed by atoms with Gasteiger partial charge in [-0.25, -0.2) is 9.67 Å². The predicted molar refractivity (Wildman–Crippen MR) is 118 cm³/mol. The number of hydrogen-bond acceptors (Lipinski definition) is 5. The van der Waals surface area contributed by atoms with Gasteiger partial charge in [0.15, 0.2) is 6.04 Å². The number of thiazole rings is 1. The zero-order chi connectivity index (χ0) is 20.3. The van der Waals surface area contributed by atoms with Crippen molar-refractivity contribution in [2.45, 2.75) is 6.04 Å². The van der Waals surface area contributed by atoms with Crippen LogP contribution in [0.4, 0.5) is 5.69 Å². The molecule has 2 heterocycles. The number of carbonyl (C=O) groups excluding carboxylic acids is 1. The Kier molecular flexibility index (Phi) is 4.78.